The molecule has 0 aliphatic carbocycles. The lowest BCUT2D eigenvalue weighted by atomic mass is 10.0. The van der Waals surface area contributed by atoms with Gasteiger partial charge in [0.05, 0.1) is 33.8 Å². The van der Waals surface area contributed by atoms with Crippen LogP contribution < -0.4 is 19.5 Å². The summed E-state index contributed by atoms with van der Waals surface area (Å²) in [5.41, 5.74) is 0.777. The molecule has 142 valence electrons. The van der Waals surface area contributed by atoms with E-state index < -0.39 is 0 Å². The minimum Gasteiger partial charge on any atom is -0.493 e. The smallest absolute Gasteiger partial charge is 0.225 e. The zero-order valence-electron chi connectivity index (χ0n) is 16.2. The van der Waals surface area contributed by atoms with E-state index in [-0.39, 0.29) is 24.3 Å². The molecule has 26 heavy (non-hydrogen) atoms. The number of carbonyl (C=O) groups excluding carboxylic acids is 1. The Morgan fingerprint density at radius 3 is 2.19 bits per heavy atom. The summed E-state index contributed by atoms with van der Waals surface area (Å²) in [5, 5.41) is 3.08. The Labute approximate surface area is 154 Å². The Morgan fingerprint density at radius 1 is 1.15 bits per heavy atom. The summed E-state index contributed by atoms with van der Waals surface area (Å²) < 4.78 is 17.9. The zero-order valence-corrected chi connectivity index (χ0v) is 16.2. The SMILES string of the molecule is COc1cc(CC(=O)N[C@H](c2nccn2C)C(C)C)cc(OC)c1OC. The monoisotopic (exact) mass is 361 g/mol. The fourth-order valence-corrected chi connectivity index (χ4v) is 2.85. The van der Waals surface area contributed by atoms with E-state index in [1.165, 1.54) is 0 Å². The lowest BCUT2D eigenvalue weighted by Gasteiger charge is -2.22. The molecular formula is C19H27N3O4. The average Bonchev–Trinajstić information content (AvgIpc) is 3.04. The van der Waals surface area contributed by atoms with Gasteiger partial charge in [-0.25, -0.2) is 4.98 Å². The molecule has 2 rings (SSSR count). The van der Waals surface area contributed by atoms with Gasteiger partial charge >= 0.3 is 0 Å². The molecule has 1 atom stereocenters. The molecule has 1 amide bonds. The number of nitrogens with zero attached hydrogens (tertiary/aromatic N) is 2. The van der Waals surface area contributed by atoms with Gasteiger partial charge in [-0.1, -0.05) is 13.8 Å². The van der Waals surface area contributed by atoms with Crippen LogP contribution in [0.15, 0.2) is 24.5 Å². The minimum atomic E-state index is -0.162. The number of imidazole rings is 1. The Balaban J connectivity index is 2.20. The molecular weight excluding hydrogens is 334 g/mol. The molecule has 1 aromatic carbocycles. The van der Waals surface area contributed by atoms with Crippen molar-refractivity contribution in [1.82, 2.24) is 14.9 Å². The summed E-state index contributed by atoms with van der Waals surface area (Å²) in [6.45, 7) is 4.11. The number of amides is 1. The molecule has 0 bridgehead atoms. The third-order valence-electron chi connectivity index (χ3n) is 4.21. The van der Waals surface area contributed by atoms with Crippen LogP contribution in [-0.2, 0) is 18.3 Å². The highest BCUT2D eigenvalue weighted by Crippen LogP contribution is 2.38. The van der Waals surface area contributed by atoms with E-state index in [1.807, 2.05) is 17.8 Å². The molecule has 0 radical (unpaired) electrons. The maximum Gasteiger partial charge on any atom is 0.225 e. The molecule has 0 saturated carbocycles. The normalized spacial score (nSPS) is 12.0. The number of nitrogens with one attached hydrogen (secondary N) is 1. The van der Waals surface area contributed by atoms with Crippen LogP contribution in [0, 0.1) is 5.92 Å². The number of carbonyl (C=O) groups is 1. The van der Waals surface area contributed by atoms with Crippen LogP contribution in [-0.4, -0.2) is 36.8 Å². The first-order valence-corrected chi connectivity index (χ1v) is 8.46. The fourth-order valence-electron chi connectivity index (χ4n) is 2.85. The topological polar surface area (TPSA) is 74.6 Å². The van der Waals surface area contributed by atoms with E-state index in [4.69, 9.17) is 14.2 Å². The summed E-state index contributed by atoms with van der Waals surface area (Å²) in [4.78, 5) is 17.0. The number of ether oxygens (including phenoxy) is 3. The zero-order chi connectivity index (χ0) is 19.3. The fraction of sp³-hybridized carbons (Fsp3) is 0.474. The number of rotatable bonds is 8. The number of benzene rings is 1. The molecule has 0 aliphatic heterocycles. The van der Waals surface area contributed by atoms with Gasteiger partial charge in [-0.2, -0.15) is 0 Å². The largest absolute Gasteiger partial charge is 0.493 e. The molecule has 0 aliphatic rings. The van der Waals surface area contributed by atoms with Crippen molar-refractivity contribution in [3.05, 3.63) is 35.9 Å². The number of aryl methyl sites for hydroxylation is 1. The van der Waals surface area contributed by atoms with Gasteiger partial charge in [-0.3, -0.25) is 4.79 Å². The van der Waals surface area contributed by atoms with Crippen LogP contribution in [0.2, 0.25) is 0 Å². The number of hydrogen-bond acceptors (Lipinski definition) is 5. The van der Waals surface area contributed by atoms with Gasteiger partial charge in [0.1, 0.15) is 5.82 Å². The van der Waals surface area contributed by atoms with Crippen molar-refractivity contribution in [2.45, 2.75) is 26.3 Å². The van der Waals surface area contributed by atoms with Gasteiger partial charge in [-0.05, 0) is 23.6 Å². The summed E-state index contributed by atoms with van der Waals surface area (Å²) in [7, 11) is 6.57. The maximum absolute atomic E-state index is 12.6. The molecule has 0 saturated heterocycles. The minimum absolute atomic E-state index is 0.0963. The first kappa shape index (κ1) is 19.6. The Hall–Kier alpha value is -2.70. The molecule has 1 aromatic heterocycles. The second kappa shape index (κ2) is 8.60. The predicted octanol–water partition coefficient (Wildman–Crippen LogP) is 2.50. The number of aromatic nitrogens is 2. The maximum atomic E-state index is 12.6. The summed E-state index contributed by atoms with van der Waals surface area (Å²) in [6, 6.07) is 3.41. The number of methoxy groups -OCH3 is 3. The third kappa shape index (κ3) is 4.28. The summed E-state index contributed by atoms with van der Waals surface area (Å²) in [5.74, 6) is 2.50. The van der Waals surface area contributed by atoms with Gasteiger partial charge in [0.25, 0.3) is 0 Å². The van der Waals surface area contributed by atoms with Gasteiger partial charge in [0, 0.05) is 19.4 Å². The lowest BCUT2D eigenvalue weighted by Crippen LogP contribution is -2.34. The molecule has 1 N–H and O–H groups in total. The van der Waals surface area contributed by atoms with E-state index in [2.05, 4.69) is 24.1 Å². The number of hydrogen-bond donors (Lipinski definition) is 1. The molecule has 0 spiro atoms. The Morgan fingerprint density at radius 2 is 1.77 bits per heavy atom. The Kier molecular flexibility index (Phi) is 6.49. The van der Waals surface area contributed by atoms with E-state index in [9.17, 15) is 4.79 Å². The van der Waals surface area contributed by atoms with Gasteiger partial charge < -0.3 is 24.1 Å². The molecule has 7 nitrogen and oxygen atoms in total. The van der Waals surface area contributed by atoms with E-state index in [0.29, 0.717) is 17.2 Å². The van der Waals surface area contributed by atoms with E-state index in [0.717, 1.165) is 11.4 Å². The Bertz CT molecular complexity index is 730. The highest BCUT2D eigenvalue weighted by Gasteiger charge is 2.22. The van der Waals surface area contributed by atoms with Crippen molar-refractivity contribution in [2.75, 3.05) is 21.3 Å². The van der Waals surface area contributed by atoms with Crippen molar-refractivity contribution < 1.29 is 19.0 Å². The van der Waals surface area contributed by atoms with Crippen LogP contribution >= 0.6 is 0 Å². The van der Waals surface area contributed by atoms with Crippen molar-refractivity contribution in [2.24, 2.45) is 13.0 Å². The van der Waals surface area contributed by atoms with Crippen molar-refractivity contribution in [1.29, 1.82) is 0 Å². The van der Waals surface area contributed by atoms with E-state index >= 15 is 0 Å². The molecule has 0 fully saturated rings. The summed E-state index contributed by atoms with van der Waals surface area (Å²) in [6.07, 6.45) is 3.80. The van der Waals surface area contributed by atoms with Gasteiger partial charge in [0.2, 0.25) is 11.7 Å². The van der Waals surface area contributed by atoms with Crippen LogP contribution in [0.1, 0.15) is 31.3 Å². The highest BCUT2D eigenvalue weighted by atomic mass is 16.5. The van der Waals surface area contributed by atoms with Crippen LogP contribution in [0.25, 0.3) is 0 Å². The van der Waals surface area contributed by atoms with Crippen molar-refractivity contribution in [3.63, 3.8) is 0 Å². The average molecular weight is 361 g/mol. The highest BCUT2D eigenvalue weighted by molar-refractivity contribution is 5.79. The van der Waals surface area contributed by atoms with Gasteiger partial charge in [0.15, 0.2) is 11.5 Å². The first-order chi connectivity index (χ1) is 12.4. The van der Waals surface area contributed by atoms with Crippen LogP contribution in [0.3, 0.4) is 0 Å². The second-order valence-corrected chi connectivity index (χ2v) is 6.40. The van der Waals surface area contributed by atoms with Crippen molar-refractivity contribution >= 4 is 5.91 Å². The molecule has 7 heteroatoms. The lowest BCUT2D eigenvalue weighted by molar-refractivity contribution is -0.121. The first-order valence-electron chi connectivity index (χ1n) is 8.46. The standard InChI is InChI=1S/C19H27N3O4/c1-12(2)17(19-20-7-8-22(19)3)21-16(23)11-13-9-14(24-4)18(26-6)15(10-13)25-5/h7-10,12,17H,11H2,1-6H3,(H,21,23)/t17-/m0/s1. The second-order valence-electron chi connectivity index (χ2n) is 6.40. The predicted molar refractivity (Wildman–Crippen MR) is 98.7 cm³/mol. The molecule has 2 aromatic rings. The van der Waals surface area contributed by atoms with Crippen molar-refractivity contribution in [3.8, 4) is 17.2 Å². The van der Waals surface area contributed by atoms with Crippen LogP contribution in [0.5, 0.6) is 17.2 Å². The van der Waals surface area contributed by atoms with Crippen LogP contribution in [0.4, 0.5) is 0 Å². The third-order valence-corrected chi connectivity index (χ3v) is 4.21. The molecule has 1 heterocycles. The quantitative estimate of drug-likeness (QED) is 0.782. The van der Waals surface area contributed by atoms with E-state index in [1.54, 1.807) is 39.7 Å². The summed E-state index contributed by atoms with van der Waals surface area (Å²) >= 11 is 0. The molecule has 0 unspecified atom stereocenters. The van der Waals surface area contributed by atoms with Gasteiger partial charge in [-0.15, -0.1) is 0 Å².